The molecule has 6 heteroatoms. The zero-order valence-electron chi connectivity index (χ0n) is 13.3. The van der Waals surface area contributed by atoms with Gasteiger partial charge in [0.05, 0.1) is 5.75 Å². The number of H-pyrrole nitrogens is 1. The molecule has 0 saturated carbocycles. The second-order valence-corrected chi connectivity index (χ2v) is 6.33. The summed E-state index contributed by atoms with van der Waals surface area (Å²) in [5.41, 5.74) is 3.83. The minimum atomic E-state index is 0.0993. The number of hydrogen-bond acceptors (Lipinski definition) is 4. The van der Waals surface area contributed by atoms with Crippen molar-refractivity contribution in [3.63, 3.8) is 0 Å². The fourth-order valence-electron chi connectivity index (χ4n) is 2.38. The van der Waals surface area contributed by atoms with Gasteiger partial charge < -0.3 is 4.57 Å². The predicted octanol–water partition coefficient (Wildman–Crippen LogP) is 3.40. The lowest BCUT2D eigenvalue weighted by Gasteiger charge is -2.01. The molecule has 0 spiro atoms. The molecule has 1 aromatic carbocycles. The zero-order valence-corrected chi connectivity index (χ0v) is 14.1. The summed E-state index contributed by atoms with van der Waals surface area (Å²) < 4.78 is 2.03. The van der Waals surface area contributed by atoms with Gasteiger partial charge in [0.2, 0.25) is 5.16 Å². The van der Waals surface area contributed by atoms with E-state index < -0.39 is 0 Å². The molecule has 0 aliphatic heterocycles. The Bertz CT molecular complexity index is 836. The topological polar surface area (TPSA) is 63.6 Å². The van der Waals surface area contributed by atoms with Crippen molar-refractivity contribution in [2.45, 2.75) is 19.0 Å². The number of Topliss-reactive ketones (excluding diaryl/α,β-unsaturated/α-hetero) is 1. The number of hydrogen-bond donors (Lipinski definition) is 1. The standard InChI is InChI=1S/C17H18N4OS/c1-11-9-14(12(2)21(11)3)15(22)10-23-17-18-16(19-20-17)13-7-5-4-6-8-13/h4-9H,10H2,1-3H3,(H,18,19,20). The number of aromatic nitrogens is 4. The van der Waals surface area contributed by atoms with E-state index in [0.717, 1.165) is 22.5 Å². The van der Waals surface area contributed by atoms with Crippen molar-refractivity contribution in [3.8, 4) is 11.4 Å². The number of aryl methyl sites for hydroxylation is 1. The fraction of sp³-hybridized carbons (Fsp3) is 0.235. The molecule has 0 unspecified atom stereocenters. The Morgan fingerprint density at radius 1 is 1.26 bits per heavy atom. The number of nitrogens with zero attached hydrogens (tertiary/aromatic N) is 3. The Labute approximate surface area is 139 Å². The third kappa shape index (κ3) is 3.22. The fourth-order valence-corrected chi connectivity index (χ4v) is 3.06. The Balaban J connectivity index is 1.68. The zero-order chi connectivity index (χ0) is 16.4. The normalized spacial score (nSPS) is 10.9. The van der Waals surface area contributed by atoms with Gasteiger partial charge in [-0.2, -0.15) is 0 Å². The number of aromatic amines is 1. The first kappa shape index (κ1) is 15.6. The molecule has 2 aromatic heterocycles. The third-order valence-electron chi connectivity index (χ3n) is 3.92. The number of carbonyl (C=O) groups excluding carboxylic acids is 1. The molecular weight excluding hydrogens is 308 g/mol. The highest BCUT2D eigenvalue weighted by Crippen LogP contribution is 2.21. The summed E-state index contributed by atoms with van der Waals surface area (Å²) in [5.74, 6) is 1.14. The van der Waals surface area contributed by atoms with Gasteiger partial charge in [-0.1, -0.05) is 42.1 Å². The lowest BCUT2D eigenvalue weighted by Crippen LogP contribution is -2.04. The molecule has 1 N–H and O–H groups in total. The molecule has 0 saturated heterocycles. The summed E-state index contributed by atoms with van der Waals surface area (Å²) in [6.45, 7) is 3.96. The molecule has 118 valence electrons. The van der Waals surface area contributed by atoms with Crippen LogP contribution < -0.4 is 0 Å². The van der Waals surface area contributed by atoms with Crippen LogP contribution in [0.4, 0.5) is 0 Å². The van der Waals surface area contributed by atoms with Gasteiger partial charge in [0.1, 0.15) is 0 Å². The Kier molecular flexibility index (Phi) is 4.34. The molecule has 0 fully saturated rings. The average molecular weight is 326 g/mol. The van der Waals surface area contributed by atoms with Crippen LogP contribution in [0, 0.1) is 13.8 Å². The van der Waals surface area contributed by atoms with Gasteiger partial charge in [0, 0.05) is 29.6 Å². The predicted molar refractivity (Wildman–Crippen MR) is 91.8 cm³/mol. The lowest BCUT2D eigenvalue weighted by molar-refractivity contribution is 0.102. The molecular formula is C17H18N4OS. The van der Waals surface area contributed by atoms with Gasteiger partial charge in [0.15, 0.2) is 11.6 Å². The van der Waals surface area contributed by atoms with Gasteiger partial charge in [-0.05, 0) is 19.9 Å². The largest absolute Gasteiger partial charge is 0.351 e. The quantitative estimate of drug-likeness (QED) is 0.576. The second kappa shape index (κ2) is 6.42. The monoisotopic (exact) mass is 326 g/mol. The van der Waals surface area contributed by atoms with Crippen molar-refractivity contribution >= 4 is 17.5 Å². The second-order valence-electron chi connectivity index (χ2n) is 5.39. The van der Waals surface area contributed by atoms with Crippen LogP contribution in [-0.2, 0) is 7.05 Å². The molecule has 2 heterocycles. The minimum Gasteiger partial charge on any atom is -0.351 e. The van der Waals surface area contributed by atoms with Crippen molar-refractivity contribution in [1.82, 2.24) is 19.7 Å². The Morgan fingerprint density at radius 3 is 2.65 bits per heavy atom. The van der Waals surface area contributed by atoms with E-state index in [1.54, 1.807) is 0 Å². The van der Waals surface area contributed by atoms with Crippen molar-refractivity contribution in [1.29, 1.82) is 0 Å². The highest BCUT2D eigenvalue weighted by atomic mass is 32.2. The van der Waals surface area contributed by atoms with Crippen molar-refractivity contribution < 1.29 is 4.79 Å². The first-order valence-corrected chi connectivity index (χ1v) is 8.31. The molecule has 3 aromatic rings. The molecule has 0 bridgehead atoms. The van der Waals surface area contributed by atoms with E-state index in [4.69, 9.17) is 0 Å². The van der Waals surface area contributed by atoms with Crippen LogP contribution in [0.25, 0.3) is 11.4 Å². The van der Waals surface area contributed by atoms with E-state index in [2.05, 4.69) is 15.2 Å². The van der Waals surface area contributed by atoms with E-state index >= 15 is 0 Å². The number of nitrogens with one attached hydrogen (secondary N) is 1. The maximum absolute atomic E-state index is 12.4. The van der Waals surface area contributed by atoms with Crippen LogP contribution in [0.15, 0.2) is 41.6 Å². The molecule has 0 radical (unpaired) electrons. The summed E-state index contributed by atoms with van der Waals surface area (Å²) in [6.07, 6.45) is 0. The summed E-state index contributed by atoms with van der Waals surface area (Å²) in [5, 5.41) is 7.67. The Morgan fingerprint density at radius 2 is 2.00 bits per heavy atom. The number of thioether (sulfide) groups is 1. The number of rotatable bonds is 5. The highest BCUT2D eigenvalue weighted by molar-refractivity contribution is 7.99. The van der Waals surface area contributed by atoms with Crippen molar-refractivity contribution in [2.24, 2.45) is 7.05 Å². The van der Waals surface area contributed by atoms with E-state index in [1.807, 2.05) is 61.9 Å². The van der Waals surface area contributed by atoms with Crippen LogP contribution in [0.1, 0.15) is 21.7 Å². The first-order valence-electron chi connectivity index (χ1n) is 7.33. The van der Waals surface area contributed by atoms with E-state index in [-0.39, 0.29) is 5.78 Å². The van der Waals surface area contributed by atoms with Crippen LogP contribution in [0.3, 0.4) is 0 Å². The first-order chi connectivity index (χ1) is 11.1. The molecule has 0 aliphatic carbocycles. The maximum Gasteiger partial charge on any atom is 0.209 e. The van der Waals surface area contributed by atoms with Gasteiger partial charge >= 0.3 is 0 Å². The summed E-state index contributed by atoms with van der Waals surface area (Å²) in [7, 11) is 1.97. The number of carbonyl (C=O) groups is 1. The van der Waals surface area contributed by atoms with Gasteiger partial charge in [-0.15, -0.1) is 5.10 Å². The molecule has 0 atom stereocenters. The number of ketones is 1. The third-order valence-corrected chi connectivity index (χ3v) is 4.77. The van der Waals surface area contributed by atoms with E-state index in [0.29, 0.717) is 16.7 Å². The summed E-state index contributed by atoms with van der Waals surface area (Å²) in [4.78, 5) is 16.8. The average Bonchev–Trinajstić information content (AvgIpc) is 3.14. The van der Waals surface area contributed by atoms with E-state index in [9.17, 15) is 4.79 Å². The maximum atomic E-state index is 12.4. The highest BCUT2D eigenvalue weighted by Gasteiger charge is 2.15. The lowest BCUT2D eigenvalue weighted by atomic mass is 10.2. The molecule has 0 amide bonds. The summed E-state index contributed by atoms with van der Waals surface area (Å²) in [6, 6.07) is 11.7. The van der Waals surface area contributed by atoms with Crippen LogP contribution in [0.5, 0.6) is 0 Å². The van der Waals surface area contributed by atoms with Crippen LogP contribution in [0.2, 0.25) is 0 Å². The van der Waals surface area contributed by atoms with Crippen LogP contribution >= 0.6 is 11.8 Å². The van der Waals surface area contributed by atoms with Crippen molar-refractivity contribution in [2.75, 3.05) is 5.75 Å². The molecule has 3 rings (SSSR count). The molecule has 23 heavy (non-hydrogen) atoms. The van der Waals surface area contributed by atoms with Gasteiger partial charge in [-0.25, -0.2) is 4.98 Å². The van der Waals surface area contributed by atoms with Gasteiger partial charge in [0.25, 0.3) is 0 Å². The molecule has 0 aliphatic rings. The van der Waals surface area contributed by atoms with Crippen molar-refractivity contribution in [3.05, 3.63) is 53.3 Å². The molecule has 5 nitrogen and oxygen atoms in total. The van der Waals surface area contributed by atoms with Crippen LogP contribution in [-0.4, -0.2) is 31.3 Å². The Hall–Kier alpha value is -2.34. The number of benzene rings is 1. The summed E-state index contributed by atoms with van der Waals surface area (Å²) >= 11 is 1.35. The van der Waals surface area contributed by atoms with E-state index in [1.165, 1.54) is 11.8 Å². The minimum absolute atomic E-state index is 0.0993. The van der Waals surface area contributed by atoms with Gasteiger partial charge in [-0.3, -0.25) is 9.89 Å². The smallest absolute Gasteiger partial charge is 0.209 e. The SMILES string of the molecule is Cc1cc(C(=O)CSc2n[nH]c(-c3ccccc3)n2)c(C)n1C.